The number of rotatable bonds is 4. The molecule has 0 aromatic rings. The average Bonchev–Trinajstić information content (AvgIpc) is 1.95. The third kappa shape index (κ3) is 5.43. The van der Waals surface area contributed by atoms with Crippen molar-refractivity contribution in [1.29, 1.82) is 0 Å². The molecule has 0 fully saturated rings. The molecular weight excluding hydrogens is 219 g/mol. The van der Waals surface area contributed by atoms with Gasteiger partial charge in [-0.1, -0.05) is 0 Å². The Morgan fingerprint density at radius 2 is 1.79 bits per heavy atom. The lowest BCUT2D eigenvalue weighted by atomic mass is 10.1. The first kappa shape index (κ1) is 13.7. The Bertz CT molecular complexity index is 273. The van der Waals surface area contributed by atoms with E-state index in [1.807, 2.05) is 0 Å². The smallest absolute Gasteiger partial charge is 0.327 e. The van der Waals surface area contributed by atoms with Crippen molar-refractivity contribution in [2.24, 2.45) is 5.73 Å². The summed E-state index contributed by atoms with van der Waals surface area (Å²) in [5.74, 6) is 0. The van der Waals surface area contributed by atoms with Crippen molar-refractivity contribution >= 4 is 9.84 Å². The van der Waals surface area contributed by atoms with Gasteiger partial charge in [-0.3, -0.25) is 0 Å². The van der Waals surface area contributed by atoms with E-state index in [1.54, 1.807) is 0 Å². The number of halogens is 3. The summed E-state index contributed by atoms with van der Waals surface area (Å²) in [5, 5.41) is -0.940. The molecule has 2 unspecified atom stereocenters. The van der Waals surface area contributed by atoms with E-state index in [0.717, 1.165) is 6.26 Å². The van der Waals surface area contributed by atoms with E-state index in [-0.39, 0.29) is 6.42 Å². The zero-order valence-corrected chi connectivity index (χ0v) is 8.82. The first-order valence-corrected chi connectivity index (χ1v) is 6.00. The first-order chi connectivity index (χ1) is 6.04. The topological polar surface area (TPSA) is 60.2 Å². The quantitative estimate of drug-likeness (QED) is 0.790. The average molecular weight is 233 g/mol. The third-order valence-corrected chi connectivity index (χ3v) is 3.74. The van der Waals surface area contributed by atoms with Gasteiger partial charge in [-0.25, -0.2) is 8.42 Å². The van der Waals surface area contributed by atoms with Crippen molar-refractivity contribution in [2.45, 2.75) is 37.2 Å². The van der Waals surface area contributed by atoms with Gasteiger partial charge in [0.2, 0.25) is 0 Å². The maximum Gasteiger partial charge on any atom is 0.389 e. The summed E-state index contributed by atoms with van der Waals surface area (Å²) in [5.41, 5.74) is 5.33. The van der Waals surface area contributed by atoms with E-state index in [9.17, 15) is 21.6 Å². The highest BCUT2D eigenvalue weighted by Gasteiger charge is 2.30. The van der Waals surface area contributed by atoms with Gasteiger partial charge in [0.25, 0.3) is 0 Å². The van der Waals surface area contributed by atoms with E-state index in [1.165, 1.54) is 6.92 Å². The molecule has 0 aliphatic carbocycles. The van der Waals surface area contributed by atoms with Gasteiger partial charge < -0.3 is 5.73 Å². The van der Waals surface area contributed by atoms with E-state index >= 15 is 0 Å². The molecule has 0 saturated heterocycles. The van der Waals surface area contributed by atoms with Crippen molar-refractivity contribution in [3.05, 3.63) is 0 Å². The van der Waals surface area contributed by atoms with Crippen LogP contribution in [-0.4, -0.2) is 32.1 Å². The largest absolute Gasteiger partial charge is 0.389 e. The molecule has 0 rings (SSSR count). The van der Waals surface area contributed by atoms with Gasteiger partial charge in [0.05, 0.1) is 5.25 Å². The summed E-state index contributed by atoms with van der Waals surface area (Å²) in [6.45, 7) is 1.32. The molecule has 0 aromatic heterocycles. The molecular formula is C7H14F3NO2S. The van der Waals surface area contributed by atoms with Crippen LogP contribution in [-0.2, 0) is 9.84 Å². The number of sulfone groups is 1. The zero-order chi connectivity index (χ0) is 11.6. The molecule has 0 radical (unpaired) electrons. The van der Waals surface area contributed by atoms with Crippen molar-refractivity contribution in [3.8, 4) is 0 Å². The van der Waals surface area contributed by atoms with E-state index in [0.29, 0.717) is 0 Å². The SMILES string of the molecule is CC(C(N)CCC(F)(F)F)S(C)(=O)=O. The summed E-state index contributed by atoms with van der Waals surface area (Å²) < 4.78 is 57.2. The minimum absolute atomic E-state index is 0.363. The van der Waals surface area contributed by atoms with E-state index in [2.05, 4.69) is 0 Å². The second-order valence-electron chi connectivity index (χ2n) is 3.35. The minimum atomic E-state index is -4.28. The molecule has 0 bridgehead atoms. The predicted octanol–water partition coefficient (Wildman–Crippen LogP) is 1.09. The maximum absolute atomic E-state index is 11.8. The van der Waals surface area contributed by atoms with Gasteiger partial charge in [0, 0.05) is 18.7 Å². The molecule has 0 amide bonds. The Balaban J connectivity index is 4.17. The molecule has 3 nitrogen and oxygen atoms in total. The van der Waals surface area contributed by atoms with Crippen LogP contribution >= 0.6 is 0 Å². The Morgan fingerprint density at radius 3 is 2.07 bits per heavy atom. The van der Waals surface area contributed by atoms with Gasteiger partial charge in [-0.05, 0) is 13.3 Å². The Kier molecular flexibility index (Phi) is 4.38. The molecule has 2 N–H and O–H groups in total. The van der Waals surface area contributed by atoms with Crippen LogP contribution in [0.4, 0.5) is 13.2 Å². The van der Waals surface area contributed by atoms with Gasteiger partial charge in [-0.2, -0.15) is 13.2 Å². The summed E-state index contributed by atoms with van der Waals surface area (Å²) in [6.07, 6.45) is -4.73. The molecule has 0 saturated carbocycles. The molecule has 0 aromatic carbocycles. The van der Waals surface area contributed by atoms with Crippen LogP contribution < -0.4 is 5.73 Å². The number of nitrogens with two attached hydrogens (primary N) is 1. The zero-order valence-electron chi connectivity index (χ0n) is 8.00. The number of hydrogen-bond acceptors (Lipinski definition) is 3. The van der Waals surface area contributed by atoms with E-state index in [4.69, 9.17) is 5.73 Å². The van der Waals surface area contributed by atoms with Gasteiger partial charge in [0.15, 0.2) is 9.84 Å². The highest BCUT2D eigenvalue weighted by molar-refractivity contribution is 7.91. The Labute approximate surface area is 81.4 Å². The number of hydrogen-bond donors (Lipinski definition) is 1. The molecule has 14 heavy (non-hydrogen) atoms. The van der Waals surface area contributed by atoms with Crippen LogP contribution in [0.1, 0.15) is 19.8 Å². The van der Waals surface area contributed by atoms with Gasteiger partial charge in [-0.15, -0.1) is 0 Å². The van der Waals surface area contributed by atoms with Gasteiger partial charge in [0.1, 0.15) is 0 Å². The molecule has 0 spiro atoms. The standard InChI is InChI=1S/C7H14F3NO2S/c1-5(14(2,12)13)6(11)3-4-7(8,9)10/h5-6H,3-4,11H2,1-2H3. The second-order valence-corrected chi connectivity index (χ2v) is 5.75. The van der Waals surface area contributed by atoms with Crippen LogP contribution in [0.2, 0.25) is 0 Å². The van der Waals surface area contributed by atoms with Crippen molar-refractivity contribution in [3.63, 3.8) is 0 Å². The fraction of sp³-hybridized carbons (Fsp3) is 1.00. The van der Waals surface area contributed by atoms with Crippen LogP contribution in [0.25, 0.3) is 0 Å². The van der Waals surface area contributed by atoms with Crippen LogP contribution in [0.15, 0.2) is 0 Å². The summed E-state index contributed by atoms with van der Waals surface area (Å²) in [4.78, 5) is 0. The second kappa shape index (κ2) is 4.48. The Hall–Kier alpha value is -0.300. The van der Waals surface area contributed by atoms with Crippen LogP contribution in [0, 0.1) is 0 Å². The lowest BCUT2D eigenvalue weighted by Crippen LogP contribution is -2.38. The lowest BCUT2D eigenvalue weighted by molar-refractivity contribution is -0.136. The summed E-state index contributed by atoms with van der Waals surface area (Å²) in [6, 6.07) is -0.966. The van der Waals surface area contributed by atoms with Gasteiger partial charge >= 0.3 is 6.18 Å². The molecule has 7 heteroatoms. The Morgan fingerprint density at radius 1 is 1.36 bits per heavy atom. The van der Waals surface area contributed by atoms with Crippen LogP contribution in [0.3, 0.4) is 0 Å². The minimum Gasteiger partial charge on any atom is -0.327 e. The maximum atomic E-state index is 11.8. The van der Waals surface area contributed by atoms with Crippen molar-refractivity contribution in [2.75, 3.05) is 6.26 Å². The molecule has 0 aliphatic rings. The van der Waals surface area contributed by atoms with Crippen LogP contribution in [0.5, 0.6) is 0 Å². The highest BCUT2D eigenvalue weighted by Crippen LogP contribution is 2.23. The van der Waals surface area contributed by atoms with Crippen molar-refractivity contribution < 1.29 is 21.6 Å². The monoisotopic (exact) mass is 233 g/mol. The normalized spacial score (nSPS) is 17.9. The molecule has 2 atom stereocenters. The lowest BCUT2D eigenvalue weighted by Gasteiger charge is -2.18. The van der Waals surface area contributed by atoms with Crippen molar-refractivity contribution in [1.82, 2.24) is 0 Å². The molecule has 0 heterocycles. The predicted molar refractivity (Wildman–Crippen MR) is 47.6 cm³/mol. The highest BCUT2D eigenvalue weighted by atomic mass is 32.2. The summed E-state index contributed by atoms with van der Waals surface area (Å²) >= 11 is 0. The first-order valence-electron chi connectivity index (χ1n) is 4.05. The number of alkyl halides is 3. The summed E-state index contributed by atoms with van der Waals surface area (Å²) in [7, 11) is -3.36. The molecule has 86 valence electrons. The fourth-order valence-electron chi connectivity index (χ4n) is 0.883. The van der Waals surface area contributed by atoms with E-state index < -0.39 is 33.7 Å². The fourth-order valence-corrected chi connectivity index (χ4v) is 1.65. The third-order valence-electron chi connectivity index (χ3n) is 2.04. The molecule has 0 aliphatic heterocycles.